The Labute approximate surface area is 122 Å². The Balaban J connectivity index is 0.00000162. The van der Waals surface area contributed by atoms with Crippen LogP contribution in [-0.4, -0.2) is 35.6 Å². The molecule has 1 amide bonds. The first kappa shape index (κ1) is 14.9. The molecule has 2 atom stereocenters. The largest absolute Gasteiger partial charge is 1.00 e. The van der Waals surface area contributed by atoms with Gasteiger partial charge in [-0.05, 0) is 6.92 Å². The molecular formula is C12H13IN2O3. The Morgan fingerprint density at radius 2 is 1.89 bits per heavy atom. The molecule has 6 heteroatoms. The van der Waals surface area contributed by atoms with Crippen molar-refractivity contribution in [3.63, 3.8) is 0 Å². The number of quaternary nitrogens is 1. The fraction of sp³-hybridized carbons (Fsp3) is 0.250. The summed E-state index contributed by atoms with van der Waals surface area (Å²) >= 11 is 0. The van der Waals surface area contributed by atoms with E-state index in [9.17, 15) is 14.4 Å². The zero-order chi connectivity index (χ0) is 12.4. The number of Topliss-reactive ketones (excluding diaryl/α,β-unsaturated/α-hetero) is 1. The van der Waals surface area contributed by atoms with Crippen LogP contribution in [0, 0.1) is 0 Å². The van der Waals surface area contributed by atoms with Gasteiger partial charge in [0.2, 0.25) is 0 Å². The Morgan fingerprint density at radius 1 is 1.28 bits per heavy atom. The monoisotopic (exact) mass is 360 g/mol. The highest BCUT2D eigenvalue weighted by molar-refractivity contribution is 6.39. The van der Waals surface area contributed by atoms with Crippen LogP contribution in [0.3, 0.4) is 0 Å². The molecule has 1 fully saturated rings. The molecule has 5 nitrogen and oxygen atoms in total. The number of hydrogen-bond acceptors (Lipinski definition) is 4. The lowest BCUT2D eigenvalue weighted by atomic mass is 10.2. The van der Waals surface area contributed by atoms with Gasteiger partial charge in [0, 0.05) is 18.7 Å². The number of para-hydroxylation sites is 1. The van der Waals surface area contributed by atoms with Gasteiger partial charge in [-0.3, -0.25) is 4.79 Å². The quantitative estimate of drug-likeness (QED) is 0.259. The molecule has 1 saturated heterocycles. The van der Waals surface area contributed by atoms with E-state index in [1.807, 2.05) is 13.0 Å². The van der Waals surface area contributed by atoms with E-state index < -0.39 is 17.7 Å². The molecule has 1 aliphatic heterocycles. The van der Waals surface area contributed by atoms with Crippen LogP contribution >= 0.6 is 0 Å². The lowest BCUT2D eigenvalue weighted by Gasteiger charge is -2.20. The molecule has 2 unspecified atom stereocenters. The number of ketones is 1. The Hall–Kier alpha value is -1.12. The van der Waals surface area contributed by atoms with Crippen molar-refractivity contribution in [3.05, 3.63) is 30.3 Å². The molecule has 0 aromatic heterocycles. The van der Waals surface area contributed by atoms with Crippen LogP contribution in [-0.2, 0) is 14.4 Å². The maximum atomic E-state index is 11.9. The second kappa shape index (κ2) is 6.17. The smallest absolute Gasteiger partial charge is 0.406 e. The molecule has 1 aliphatic rings. The number of amides is 1. The first-order valence-electron chi connectivity index (χ1n) is 5.43. The summed E-state index contributed by atoms with van der Waals surface area (Å²) < 4.78 is 0. The zero-order valence-corrected chi connectivity index (χ0v) is 12.0. The van der Waals surface area contributed by atoms with Gasteiger partial charge >= 0.3 is 5.91 Å². The van der Waals surface area contributed by atoms with Gasteiger partial charge in [-0.1, -0.05) is 18.2 Å². The van der Waals surface area contributed by atoms with Crippen LogP contribution in [0.5, 0.6) is 0 Å². The number of benzene rings is 1. The van der Waals surface area contributed by atoms with E-state index in [0.717, 1.165) is 0 Å². The Kier molecular flexibility index (Phi) is 5.12. The number of nitrogens with one attached hydrogen (secondary N) is 1. The zero-order valence-electron chi connectivity index (χ0n) is 9.80. The third kappa shape index (κ3) is 2.36. The topological polar surface area (TPSA) is 58.9 Å². The molecule has 0 saturated carbocycles. The minimum Gasteiger partial charge on any atom is -1.00 e. The number of likely N-dealkylation sites (N-methyl/N-ethyl adjacent to an activating group) is 1. The van der Waals surface area contributed by atoms with Crippen molar-refractivity contribution in [2.75, 3.05) is 6.54 Å². The minimum atomic E-state index is -0.956. The number of carbonyl (C=O) groups excluding carboxylic acids is 3. The van der Waals surface area contributed by atoms with Crippen molar-refractivity contribution in [1.29, 1.82) is 0 Å². The van der Waals surface area contributed by atoms with Gasteiger partial charge in [-0.25, -0.2) is 4.79 Å². The molecule has 18 heavy (non-hydrogen) atoms. The average Bonchev–Trinajstić information content (AvgIpc) is 2.62. The predicted octanol–water partition coefficient (Wildman–Crippen LogP) is -3.88. The average molecular weight is 360 g/mol. The van der Waals surface area contributed by atoms with Gasteiger partial charge in [0.05, 0.1) is 0 Å². The Morgan fingerprint density at radius 3 is 2.39 bits per heavy atom. The van der Waals surface area contributed by atoms with Crippen LogP contribution in [0.4, 0.5) is 5.69 Å². The van der Waals surface area contributed by atoms with Crippen molar-refractivity contribution >= 4 is 23.7 Å². The summed E-state index contributed by atoms with van der Waals surface area (Å²) in [5, 5.41) is 1.88. The van der Waals surface area contributed by atoms with Crippen molar-refractivity contribution in [3.8, 4) is 0 Å². The third-order valence-electron chi connectivity index (χ3n) is 2.85. The number of aldehydes is 1. The van der Waals surface area contributed by atoms with Crippen LogP contribution in [0.2, 0.25) is 0 Å². The fourth-order valence-corrected chi connectivity index (χ4v) is 2.05. The van der Waals surface area contributed by atoms with Crippen molar-refractivity contribution in [2.45, 2.75) is 13.0 Å². The number of rotatable bonds is 3. The summed E-state index contributed by atoms with van der Waals surface area (Å²) in [6, 6.07) is 7.98. The van der Waals surface area contributed by atoms with Gasteiger partial charge in [-0.15, -0.1) is 5.01 Å². The van der Waals surface area contributed by atoms with Crippen LogP contribution in [0.1, 0.15) is 6.92 Å². The summed E-state index contributed by atoms with van der Waals surface area (Å²) in [5.41, 5.74) is 0.678. The summed E-state index contributed by atoms with van der Waals surface area (Å²) in [5.74, 6) is -1.21. The van der Waals surface area contributed by atoms with Crippen LogP contribution in [0.25, 0.3) is 0 Å². The molecule has 1 aromatic carbocycles. The number of carbonyl (C=O) groups is 3. The lowest BCUT2D eigenvalue weighted by Crippen LogP contribution is -3.14. The van der Waals surface area contributed by atoms with E-state index in [-0.39, 0.29) is 24.0 Å². The van der Waals surface area contributed by atoms with Crippen molar-refractivity contribution in [2.24, 2.45) is 0 Å². The standard InChI is InChI=1S/C12H12N2O3.HI/c1-2-13-10(8-15)11(16)12(17)14(13)9-6-4-3-5-7-9;/h3-8,10H,2H2,1H3;1H. The molecule has 1 N–H and O–H groups in total. The maximum absolute atomic E-state index is 11.9. The highest BCUT2D eigenvalue weighted by atomic mass is 127. The maximum Gasteiger partial charge on any atom is 0.406 e. The second-order valence-corrected chi connectivity index (χ2v) is 3.77. The molecule has 1 aromatic rings. The number of halogens is 1. The SMILES string of the molecule is CCN1C(C=O)C(=O)C(=O)[NH+]1c1ccccc1.[I-]. The summed E-state index contributed by atoms with van der Waals surface area (Å²) in [7, 11) is 0. The molecule has 2 rings (SSSR count). The van der Waals surface area contributed by atoms with Gasteiger partial charge in [-0.2, -0.15) is 5.01 Å². The van der Waals surface area contributed by atoms with Crippen LogP contribution in [0.15, 0.2) is 30.3 Å². The van der Waals surface area contributed by atoms with Crippen LogP contribution < -0.4 is 29.0 Å². The summed E-state index contributed by atoms with van der Waals surface area (Å²) in [6.45, 7) is 2.26. The number of nitrogens with zero attached hydrogens (tertiary/aromatic N) is 1. The lowest BCUT2D eigenvalue weighted by molar-refractivity contribution is -0.876. The molecule has 0 spiro atoms. The van der Waals surface area contributed by atoms with Crippen molar-refractivity contribution in [1.82, 2.24) is 5.01 Å². The normalized spacial score (nSPS) is 23.8. The summed E-state index contributed by atoms with van der Waals surface area (Å²) in [4.78, 5) is 34.4. The molecule has 96 valence electrons. The highest BCUT2D eigenvalue weighted by Crippen LogP contribution is 2.07. The molecule has 1 heterocycles. The predicted molar refractivity (Wildman–Crippen MR) is 59.3 cm³/mol. The molecule has 0 radical (unpaired) electrons. The molecule has 0 aliphatic carbocycles. The van der Waals surface area contributed by atoms with Crippen molar-refractivity contribution < 1.29 is 43.4 Å². The first-order valence-corrected chi connectivity index (χ1v) is 5.43. The van der Waals surface area contributed by atoms with Gasteiger partial charge < -0.3 is 28.8 Å². The molecular weight excluding hydrogens is 347 g/mol. The third-order valence-corrected chi connectivity index (χ3v) is 2.85. The minimum absolute atomic E-state index is 0. The summed E-state index contributed by atoms with van der Waals surface area (Å²) in [6.07, 6.45) is 0.527. The van der Waals surface area contributed by atoms with Gasteiger partial charge in [0.15, 0.2) is 18.0 Å². The molecule has 0 bridgehead atoms. The second-order valence-electron chi connectivity index (χ2n) is 3.77. The van der Waals surface area contributed by atoms with E-state index in [4.69, 9.17) is 0 Å². The highest BCUT2D eigenvalue weighted by Gasteiger charge is 2.51. The Bertz CT molecular complexity index is 464. The van der Waals surface area contributed by atoms with E-state index in [1.54, 1.807) is 29.3 Å². The number of hydrogen-bond donors (Lipinski definition) is 1. The van der Waals surface area contributed by atoms with Gasteiger partial charge in [0.1, 0.15) is 0 Å². The van der Waals surface area contributed by atoms with Gasteiger partial charge in [0.25, 0.3) is 5.78 Å². The first-order chi connectivity index (χ1) is 8.20. The van der Waals surface area contributed by atoms with E-state index in [2.05, 4.69) is 0 Å². The van der Waals surface area contributed by atoms with E-state index >= 15 is 0 Å². The van der Waals surface area contributed by atoms with E-state index in [1.165, 1.54) is 0 Å². The fourth-order valence-electron chi connectivity index (χ4n) is 2.05. The van der Waals surface area contributed by atoms with E-state index in [0.29, 0.717) is 23.5 Å².